The monoisotopic (exact) mass is 957 g/mol. The van der Waals surface area contributed by atoms with Gasteiger partial charge in [-0.15, -0.1) is 0 Å². The summed E-state index contributed by atoms with van der Waals surface area (Å²) in [6.07, 6.45) is 76.4. The van der Waals surface area contributed by atoms with Gasteiger partial charge in [-0.05, 0) is 103 Å². The first-order chi connectivity index (χ1) is 34.0. The molecular weight excluding hydrogens is 853 g/mol. The quantitative estimate of drug-likeness (QED) is 0.0262. The predicted molar refractivity (Wildman–Crippen MR) is 297 cm³/mol. The normalized spacial score (nSPS) is 12.9. The predicted octanol–water partition coefficient (Wildman–Crippen LogP) is 19.1. The Hall–Kier alpha value is -3.93. The first-order valence-corrected chi connectivity index (χ1v) is 28.4. The smallest absolute Gasteiger partial charge is 0.306 e. The van der Waals surface area contributed by atoms with E-state index in [0.717, 1.165) is 148 Å². The lowest BCUT2D eigenvalue weighted by Gasteiger charge is -2.18. The SMILES string of the molecule is CC/C=C\C/C=C\C/C=C\C/C=C\C/C=C\CCCCCCCC(=O)OCC(COC(=O)CCCCCCCCCCCCCCC)OC(=O)CCCCCC/C=C\C/C=C\C/C=C\C/C=C\CC. The average molecular weight is 958 g/mol. The molecule has 392 valence electrons. The molecule has 6 nitrogen and oxygen atoms in total. The van der Waals surface area contributed by atoms with Crippen molar-refractivity contribution in [3.8, 4) is 0 Å². The van der Waals surface area contributed by atoms with Crippen molar-refractivity contribution < 1.29 is 28.6 Å². The summed E-state index contributed by atoms with van der Waals surface area (Å²) in [5.74, 6) is -0.937. The molecule has 0 aromatic rings. The van der Waals surface area contributed by atoms with Gasteiger partial charge in [-0.1, -0.05) is 239 Å². The molecule has 0 aliphatic carbocycles. The second kappa shape index (κ2) is 56.7. The van der Waals surface area contributed by atoms with Crippen LogP contribution < -0.4 is 0 Å². The van der Waals surface area contributed by atoms with Crippen molar-refractivity contribution in [2.24, 2.45) is 0 Å². The summed E-state index contributed by atoms with van der Waals surface area (Å²) >= 11 is 0. The second-order valence-electron chi connectivity index (χ2n) is 18.4. The van der Waals surface area contributed by atoms with Crippen LogP contribution in [0, 0.1) is 0 Å². The molecule has 0 saturated heterocycles. The molecule has 0 fully saturated rings. The van der Waals surface area contributed by atoms with E-state index in [0.29, 0.717) is 19.3 Å². The molecule has 0 rings (SSSR count). The van der Waals surface area contributed by atoms with Crippen LogP contribution in [0.2, 0.25) is 0 Å². The number of carbonyl (C=O) groups is 3. The average Bonchev–Trinajstić information content (AvgIpc) is 3.35. The summed E-state index contributed by atoms with van der Waals surface area (Å²) in [5.41, 5.74) is 0. The minimum absolute atomic E-state index is 0.0942. The van der Waals surface area contributed by atoms with Crippen molar-refractivity contribution in [3.63, 3.8) is 0 Å². The maximum Gasteiger partial charge on any atom is 0.306 e. The van der Waals surface area contributed by atoms with E-state index in [9.17, 15) is 14.4 Å². The van der Waals surface area contributed by atoms with Gasteiger partial charge in [-0.2, -0.15) is 0 Å². The number of ether oxygens (including phenoxy) is 3. The van der Waals surface area contributed by atoms with E-state index in [-0.39, 0.29) is 31.1 Å². The lowest BCUT2D eigenvalue weighted by atomic mass is 10.0. The third-order valence-electron chi connectivity index (χ3n) is 11.8. The van der Waals surface area contributed by atoms with Crippen LogP contribution in [-0.4, -0.2) is 37.2 Å². The molecule has 0 aliphatic heterocycles. The number of unbranched alkanes of at least 4 members (excludes halogenated alkanes) is 21. The Kier molecular flexibility index (Phi) is 53.4. The van der Waals surface area contributed by atoms with Crippen LogP contribution in [0.4, 0.5) is 0 Å². The van der Waals surface area contributed by atoms with Crippen LogP contribution in [0.3, 0.4) is 0 Å². The van der Waals surface area contributed by atoms with Crippen LogP contribution >= 0.6 is 0 Å². The molecule has 0 heterocycles. The summed E-state index contributed by atoms with van der Waals surface area (Å²) in [5, 5.41) is 0. The third-order valence-corrected chi connectivity index (χ3v) is 11.8. The molecular formula is C63H104O6. The number of esters is 3. The van der Waals surface area contributed by atoms with Gasteiger partial charge >= 0.3 is 17.9 Å². The minimum atomic E-state index is -0.800. The van der Waals surface area contributed by atoms with Crippen LogP contribution in [0.15, 0.2) is 109 Å². The highest BCUT2D eigenvalue weighted by Gasteiger charge is 2.19. The maximum atomic E-state index is 12.8. The van der Waals surface area contributed by atoms with E-state index < -0.39 is 6.10 Å². The molecule has 0 bridgehead atoms. The molecule has 6 heteroatoms. The first kappa shape index (κ1) is 65.1. The summed E-state index contributed by atoms with van der Waals surface area (Å²) in [6, 6.07) is 0. The van der Waals surface area contributed by atoms with E-state index in [1.807, 2.05) is 0 Å². The van der Waals surface area contributed by atoms with E-state index in [1.165, 1.54) is 64.2 Å². The standard InChI is InChI=1S/C63H104O6/c1-4-7-10-13-16-19-22-25-27-29-30-31-32-34-35-38-41-44-47-50-53-56-62(65)68-59-60(58-67-61(64)55-52-49-46-43-40-37-24-21-18-15-12-9-6-3)69-63(66)57-54-51-48-45-42-39-36-33-28-26-23-20-17-14-11-8-5-2/h7-8,10-11,16-17,19-20,25-28,30-31,34-36,39,60H,4-6,9,12-15,18,21-24,29,32-33,37-38,40-59H2,1-3H3/b10-7-,11-8-,19-16-,20-17-,27-25-,28-26-,31-30-,35-34-,39-36-. The number of carbonyl (C=O) groups excluding carboxylic acids is 3. The Balaban J connectivity index is 4.46. The summed E-state index contributed by atoms with van der Waals surface area (Å²) in [6.45, 7) is 6.38. The van der Waals surface area contributed by atoms with Gasteiger partial charge in [-0.3, -0.25) is 14.4 Å². The molecule has 0 aromatic heterocycles. The van der Waals surface area contributed by atoms with Crippen molar-refractivity contribution in [1.82, 2.24) is 0 Å². The fraction of sp³-hybridized carbons (Fsp3) is 0.667. The van der Waals surface area contributed by atoms with Crippen molar-refractivity contribution in [1.29, 1.82) is 0 Å². The van der Waals surface area contributed by atoms with Crippen molar-refractivity contribution in [3.05, 3.63) is 109 Å². The lowest BCUT2D eigenvalue weighted by Crippen LogP contribution is -2.30. The number of allylic oxidation sites excluding steroid dienone is 18. The Morgan fingerprint density at radius 2 is 0.565 bits per heavy atom. The van der Waals surface area contributed by atoms with Crippen molar-refractivity contribution in [2.45, 2.75) is 258 Å². The van der Waals surface area contributed by atoms with E-state index in [1.54, 1.807) is 0 Å². The van der Waals surface area contributed by atoms with Crippen LogP contribution in [-0.2, 0) is 28.6 Å². The number of hydrogen-bond donors (Lipinski definition) is 0. The molecule has 0 N–H and O–H groups in total. The highest BCUT2D eigenvalue weighted by atomic mass is 16.6. The van der Waals surface area contributed by atoms with Gasteiger partial charge < -0.3 is 14.2 Å². The largest absolute Gasteiger partial charge is 0.462 e. The zero-order valence-electron chi connectivity index (χ0n) is 44.8. The molecule has 0 aliphatic rings. The molecule has 0 amide bonds. The zero-order valence-corrected chi connectivity index (χ0v) is 44.8. The van der Waals surface area contributed by atoms with Crippen LogP contribution in [0.5, 0.6) is 0 Å². The van der Waals surface area contributed by atoms with Crippen molar-refractivity contribution >= 4 is 17.9 Å². The van der Waals surface area contributed by atoms with Gasteiger partial charge in [-0.25, -0.2) is 0 Å². The Morgan fingerprint density at radius 1 is 0.304 bits per heavy atom. The fourth-order valence-electron chi connectivity index (χ4n) is 7.58. The van der Waals surface area contributed by atoms with E-state index in [2.05, 4.69) is 130 Å². The van der Waals surface area contributed by atoms with E-state index >= 15 is 0 Å². The van der Waals surface area contributed by atoms with Gasteiger partial charge in [0.1, 0.15) is 13.2 Å². The highest BCUT2D eigenvalue weighted by molar-refractivity contribution is 5.71. The molecule has 69 heavy (non-hydrogen) atoms. The molecule has 1 atom stereocenters. The Labute approximate surface area is 425 Å². The maximum absolute atomic E-state index is 12.8. The molecule has 0 aromatic carbocycles. The third kappa shape index (κ3) is 54.9. The van der Waals surface area contributed by atoms with Gasteiger partial charge in [0.25, 0.3) is 0 Å². The Morgan fingerprint density at radius 3 is 0.884 bits per heavy atom. The van der Waals surface area contributed by atoms with Gasteiger partial charge in [0, 0.05) is 19.3 Å². The molecule has 1 unspecified atom stereocenters. The molecule has 0 saturated carbocycles. The molecule has 0 spiro atoms. The van der Waals surface area contributed by atoms with Crippen LogP contribution in [0.1, 0.15) is 252 Å². The second-order valence-corrected chi connectivity index (χ2v) is 18.4. The van der Waals surface area contributed by atoms with Gasteiger partial charge in [0.2, 0.25) is 0 Å². The summed E-state index contributed by atoms with van der Waals surface area (Å²) in [4.78, 5) is 38.1. The Bertz CT molecular complexity index is 1420. The van der Waals surface area contributed by atoms with Gasteiger partial charge in [0.05, 0.1) is 0 Å². The van der Waals surface area contributed by atoms with Crippen molar-refractivity contribution in [2.75, 3.05) is 13.2 Å². The highest BCUT2D eigenvalue weighted by Crippen LogP contribution is 2.15. The summed E-state index contributed by atoms with van der Waals surface area (Å²) in [7, 11) is 0. The minimum Gasteiger partial charge on any atom is -0.462 e. The topological polar surface area (TPSA) is 78.9 Å². The van der Waals surface area contributed by atoms with Gasteiger partial charge in [0.15, 0.2) is 6.10 Å². The summed E-state index contributed by atoms with van der Waals surface area (Å²) < 4.78 is 16.8. The number of rotatable bonds is 50. The lowest BCUT2D eigenvalue weighted by molar-refractivity contribution is -0.167. The first-order valence-electron chi connectivity index (χ1n) is 28.4. The van der Waals surface area contributed by atoms with E-state index in [4.69, 9.17) is 14.2 Å². The van der Waals surface area contributed by atoms with Crippen LogP contribution in [0.25, 0.3) is 0 Å². The molecule has 0 radical (unpaired) electrons. The number of hydrogen-bond acceptors (Lipinski definition) is 6. The zero-order chi connectivity index (χ0) is 50.0. The fourth-order valence-corrected chi connectivity index (χ4v) is 7.58.